The van der Waals surface area contributed by atoms with Crippen molar-refractivity contribution in [3.05, 3.63) is 59.7 Å². The minimum Gasteiger partial charge on any atom is -0.481 e. The first kappa shape index (κ1) is 15.8. The fourth-order valence-corrected chi connectivity index (χ4v) is 2.14. The first-order valence-corrected chi connectivity index (χ1v) is 6.70. The molecule has 2 aromatic carbocycles. The highest BCUT2D eigenvalue weighted by atomic mass is 19.1. The second kappa shape index (κ2) is 6.47. The van der Waals surface area contributed by atoms with Crippen LogP contribution in [-0.2, 0) is 4.79 Å². The van der Waals surface area contributed by atoms with Gasteiger partial charge in [-0.1, -0.05) is 31.2 Å². The molecule has 0 aliphatic carbocycles. The van der Waals surface area contributed by atoms with Gasteiger partial charge in [0.05, 0.1) is 5.92 Å². The summed E-state index contributed by atoms with van der Waals surface area (Å²) in [5.74, 6) is -3.71. The number of hydrogen-bond donors (Lipinski definition) is 1. The number of carboxylic acid groups (broad SMARTS) is 1. The monoisotopic (exact) mass is 304 g/mol. The van der Waals surface area contributed by atoms with Gasteiger partial charge in [-0.25, -0.2) is 8.78 Å². The van der Waals surface area contributed by atoms with E-state index < -0.39 is 29.3 Å². The van der Waals surface area contributed by atoms with E-state index in [9.17, 15) is 18.4 Å². The molecule has 1 atom stereocenters. The molecular formula is C17H14F2O3. The first-order chi connectivity index (χ1) is 10.4. The highest BCUT2D eigenvalue weighted by Crippen LogP contribution is 2.28. The van der Waals surface area contributed by atoms with Gasteiger partial charge in [0.25, 0.3) is 0 Å². The molecule has 0 aliphatic heterocycles. The average Bonchev–Trinajstić information content (AvgIpc) is 2.47. The van der Waals surface area contributed by atoms with E-state index in [0.29, 0.717) is 0 Å². The molecule has 0 saturated carbocycles. The van der Waals surface area contributed by atoms with E-state index in [2.05, 4.69) is 0 Å². The van der Waals surface area contributed by atoms with E-state index in [1.165, 1.54) is 31.2 Å². The van der Waals surface area contributed by atoms with Crippen molar-refractivity contribution in [1.82, 2.24) is 0 Å². The molecule has 2 rings (SSSR count). The summed E-state index contributed by atoms with van der Waals surface area (Å²) in [7, 11) is 0. The van der Waals surface area contributed by atoms with Gasteiger partial charge in [0.2, 0.25) is 0 Å². The predicted octanol–water partition coefficient (Wildman–Crippen LogP) is 3.93. The molecular weight excluding hydrogens is 290 g/mol. The van der Waals surface area contributed by atoms with Gasteiger partial charge in [0.1, 0.15) is 11.6 Å². The van der Waals surface area contributed by atoms with Crippen LogP contribution >= 0.6 is 0 Å². The van der Waals surface area contributed by atoms with Gasteiger partial charge >= 0.3 is 5.97 Å². The first-order valence-electron chi connectivity index (χ1n) is 6.70. The average molecular weight is 304 g/mol. The quantitative estimate of drug-likeness (QED) is 0.852. The molecule has 0 spiro atoms. The van der Waals surface area contributed by atoms with Gasteiger partial charge in [-0.05, 0) is 23.8 Å². The Labute approximate surface area is 126 Å². The van der Waals surface area contributed by atoms with Crippen molar-refractivity contribution < 1.29 is 23.5 Å². The molecule has 0 saturated heterocycles. The molecule has 0 aliphatic rings. The molecule has 3 nitrogen and oxygen atoms in total. The largest absolute Gasteiger partial charge is 0.481 e. The van der Waals surface area contributed by atoms with Crippen molar-refractivity contribution >= 4 is 11.8 Å². The Morgan fingerprint density at radius 2 is 1.77 bits per heavy atom. The zero-order valence-electron chi connectivity index (χ0n) is 11.8. The summed E-state index contributed by atoms with van der Waals surface area (Å²) >= 11 is 0. The van der Waals surface area contributed by atoms with Crippen LogP contribution in [0.1, 0.15) is 23.7 Å². The zero-order chi connectivity index (χ0) is 16.3. The second-order valence-corrected chi connectivity index (χ2v) is 5.04. The Hall–Kier alpha value is -2.56. The van der Waals surface area contributed by atoms with Gasteiger partial charge in [-0.3, -0.25) is 9.59 Å². The molecule has 5 heteroatoms. The Bertz CT molecular complexity index is 726. The highest BCUT2D eigenvalue weighted by Gasteiger charge is 2.21. The lowest BCUT2D eigenvalue weighted by molar-refractivity contribution is -0.141. The number of ketones is 1. The third kappa shape index (κ3) is 3.36. The van der Waals surface area contributed by atoms with Crippen molar-refractivity contribution in [2.75, 3.05) is 0 Å². The number of benzene rings is 2. The lowest BCUT2D eigenvalue weighted by atomic mass is 9.92. The van der Waals surface area contributed by atoms with Crippen molar-refractivity contribution in [2.45, 2.75) is 13.3 Å². The smallest absolute Gasteiger partial charge is 0.306 e. The van der Waals surface area contributed by atoms with Crippen LogP contribution in [0.15, 0.2) is 42.5 Å². The second-order valence-electron chi connectivity index (χ2n) is 5.04. The van der Waals surface area contributed by atoms with Crippen molar-refractivity contribution in [3.8, 4) is 11.1 Å². The summed E-state index contributed by atoms with van der Waals surface area (Å²) in [5.41, 5.74) is 0.411. The minimum atomic E-state index is -1.11. The predicted molar refractivity (Wildman–Crippen MR) is 77.5 cm³/mol. The van der Waals surface area contributed by atoms with Crippen LogP contribution in [0.4, 0.5) is 8.78 Å². The molecule has 0 bridgehead atoms. The van der Waals surface area contributed by atoms with Crippen LogP contribution < -0.4 is 0 Å². The highest BCUT2D eigenvalue weighted by molar-refractivity contribution is 6.03. The number of rotatable bonds is 5. The Morgan fingerprint density at radius 1 is 1.09 bits per heavy atom. The maximum Gasteiger partial charge on any atom is 0.306 e. The van der Waals surface area contributed by atoms with Crippen LogP contribution in [0.25, 0.3) is 11.1 Å². The third-order valence-corrected chi connectivity index (χ3v) is 3.36. The lowest BCUT2D eigenvalue weighted by Crippen LogP contribution is -2.15. The number of halogens is 2. The Morgan fingerprint density at radius 3 is 2.41 bits per heavy atom. The number of carboxylic acids is 1. The van der Waals surface area contributed by atoms with Gasteiger partial charge in [0, 0.05) is 17.5 Å². The van der Waals surface area contributed by atoms with Crippen molar-refractivity contribution in [1.29, 1.82) is 0 Å². The third-order valence-electron chi connectivity index (χ3n) is 3.36. The minimum absolute atomic E-state index is 0.0156. The van der Waals surface area contributed by atoms with Crippen LogP contribution in [0.5, 0.6) is 0 Å². The molecule has 1 unspecified atom stereocenters. The van der Waals surface area contributed by atoms with Crippen LogP contribution in [-0.4, -0.2) is 16.9 Å². The number of Topliss-reactive ketones (excluding diaryl/α,β-unsaturated/α-hetero) is 1. The molecule has 0 fully saturated rings. The number of carbonyl (C=O) groups is 2. The van der Waals surface area contributed by atoms with Gasteiger partial charge in [-0.2, -0.15) is 0 Å². The standard InChI is InChI=1S/C17H14F2O3/c1-10(17(21)22)8-16(20)14-9-11(18)6-7-12(14)13-4-2-3-5-15(13)19/h2-7,9-10H,8H2,1H3,(H,21,22). The molecule has 0 aromatic heterocycles. The van der Waals surface area contributed by atoms with E-state index in [1.54, 1.807) is 6.07 Å². The Balaban J connectivity index is 2.47. The summed E-state index contributed by atoms with van der Waals surface area (Å²) < 4.78 is 27.4. The van der Waals surface area contributed by atoms with Crippen LogP contribution in [0, 0.1) is 17.6 Å². The van der Waals surface area contributed by atoms with E-state index in [1.807, 2.05) is 0 Å². The normalized spacial score (nSPS) is 12.0. The van der Waals surface area contributed by atoms with Crippen LogP contribution in [0.3, 0.4) is 0 Å². The van der Waals surface area contributed by atoms with Gasteiger partial charge in [0.15, 0.2) is 5.78 Å². The summed E-state index contributed by atoms with van der Waals surface area (Å²) in [6, 6.07) is 9.32. The fourth-order valence-electron chi connectivity index (χ4n) is 2.14. The molecule has 114 valence electrons. The molecule has 22 heavy (non-hydrogen) atoms. The van der Waals surface area contributed by atoms with Crippen molar-refractivity contribution in [2.24, 2.45) is 5.92 Å². The SMILES string of the molecule is CC(CC(=O)c1cc(F)ccc1-c1ccccc1F)C(=O)O. The number of hydrogen-bond acceptors (Lipinski definition) is 2. The maximum absolute atomic E-state index is 13.9. The van der Waals surface area contributed by atoms with Crippen molar-refractivity contribution in [3.63, 3.8) is 0 Å². The summed E-state index contributed by atoms with van der Waals surface area (Å²) in [6.45, 7) is 1.39. The summed E-state index contributed by atoms with van der Waals surface area (Å²) in [5, 5.41) is 8.88. The summed E-state index contributed by atoms with van der Waals surface area (Å²) in [6.07, 6.45) is -0.278. The number of aliphatic carboxylic acids is 1. The lowest BCUT2D eigenvalue weighted by Gasteiger charge is -2.11. The molecule has 0 amide bonds. The van der Waals surface area contributed by atoms with Gasteiger partial charge in [-0.15, -0.1) is 0 Å². The molecule has 0 radical (unpaired) electrons. The topological polar surface area (TPSA) is 54.4 Å². The fraction of sp³-hybridized carbons (Fsp3) is 0.176. The van der Waals surface area contributed by atoms with E-state index in [0.717, 1.165) is 12.1 Å². The maximum atomic E-state index is 13.9. The summed E-state index contributed by atoms with van der Waals surface area (Å²) in [4.78, 5) is 23.1. The van der Waals surface area contributed by atoms with E-state index in [4.69, 9.17) is 5.11 Å². The zero-order valence-corrected chi connectivity index (χ0v) is 11.8. The number of carbonyl (C=O) groups excluding carboxylic acids is 1. The Kier molecular flexibility index (Phi) is 4.65. The van der Waals surface area contributed by atoms with Gasteiger partial charge < -0.3 is 5.11 Å². The molecule has 0 heterocycles. The molecule has 1 N–H and O–H groups in total. The van der Waals surface area contributed by atoms with E-state index >= 15 is 0 Å². The molecule has 2 aromatic rings. The van der Waals surface area contributed by atoms with Crippen LogP contribution in [0.2, 0.25) is 0 Å². The van der Waals surface area contributed by atoms with E-state index in [-0.39, 0.29) is 23.1 Å².